The molecule has 1 atom stereocenters. The second-order valence-electron chi connectivity index (χ2n) is 10.7. The van der Waals surface area contributed by atoms with Crippen LogP contribution in [0.5, 0.6) is 17.2 Å². The van der Waals surface area contributed by atoms with Crippen LogP contribution >= 0.6 is 0 Å². The molecule has 188 valence electrons. The topological polar surface area (TPSA) is 91.4 Å². The summed E-state index contributed by atoms with van der Waals surface area (Å²) in [6.45, 7) is 11.1. The highest BCUT2D eigenvalue weighted by molar-refractivity contribution is 6.00. The molecule has 0 aliphatic carbocycles. The van der Waals surface area contributed by atoms with Crippen LogP contribution in [-0.2, 0) is 20.7 Å². The Labute approximate surface area is 205 Å². The fourth-order valence-electron chi connectivity index (χ4n) is 4.57. The second-order valence-corrected chi connectivity index (χ2v) is 10.7. The van der Waals surface area contributed by atoms with E-state index >= 15 is 0 Å². The van der Waals surface area contributed by atoms with Gasteiger partial charge in [-0.25, -0.2) is 9.59 Å². The van der Waals surface area contributed by atoms with Gasteiger partial charge >= 0.3 is 18.0 Å². The van der Waals surface area contributed by atoms with Gasteiger partial charge in [-0.15, -0.1) is 0 Å². The zero-order valence-electron chi connectivity index (χ0n) is 21.2. The number of likely N-dealkylation sites (tertiary alicyclic amines) is 1. The van der Waals surface area contributed by atoms with Crippen LogP contribution in [0.15, 0.2) is 24.3 Å². The monoisotopic (exact) mass is 483 g/mol. The number of hydrogen-bond acceptors (Lipinski definition) is 7. The van der Waals surface area contributed by atoms with E-state index in [1.807, 2.05) is 32.0 Å². The highest BCUT2D eigenvalue weighted by Crippen LogP contribution is 2.50. The van der Waals surface area contributed by atoms with Crippen molar-refractivity contribution >= 4 is 28.8 Å². The molecular formula is C27H33NO7. The van der Waals surface area contributed by atoms with Crippen LogP contribution in [0.4, 0.5) is 4.79 Å². The number of amides is 1. The molecular weight excluding hydrogens is 450 g/mol. The molecule has 2 heterocycles. The number of carbonyl (C=O) groups is 3. The third-order valence-electron chi connectivity index (χ3n) is 6.13. The summed E-state index contributed by atoms with van der Waals surface area (Å²) in [7, 11) is 0. The second kappa shape index (κ2) is 9.06. The minimum absolute atomic E-state index is 0.172. The molecule has 2 aliphatic heterocycles. The number of fused-ring (bicyclic) bond motifs is 3. The van der Waals surface area contributed by atoms with Gasteiger partial charge in [-0.2, -0.15) is 0 Å². The third kappa shape index (κ3) is 5.21. The standard InChI is InChI=1S/C27H33NO7/c1-16(29)32-22-18-11-8-7-10-17(18)21-19(13-14-27(5,6)34-21)23(22)33-24(30)20-12-9-15-28(20)25(31)35-26(2,3)4/h7-8,10-11,20H,9,12-15H2,1-6H3. The van der Waals surface area contributed by atoms with E-state index in [9.17, 15) is 14.4 Å². The first-order valence-corrected chi connectivity index (χ1v) is 12.0. The first kappa shape index (κ1) is 24.8. The Hall–Kier alpha value is -3.29. The van der Waals surface area contributed by atoms with Crippen LogP contribution in [0.2, 0.25) is 0 Å². The summed E-state index contributed by atoms with van der Waals surface area (Å²) < 4.78 is 23.4. The van der Waals surface area contributed by atoms with Gasteiger partial charge in [0.25, 0.3) is 0 Å². The predicted molar refractivity (Wildman–Crippen MR) is 130 cm³/mol. The van der Waals surface area contributed by atoms with Crippen molar-refractivity contribution in [3.8, 4) is 17.2 Å². The van der Waals surface area contributed by atoms with Crippen molar-refractivity contribution in [2.24, 2.45) is 0 Å². The molecule has 1 amide bonds. The first-order valence-electron chi connectivity index (χ1n) is 12.0. The molecule has 0 aromatic heterocycles. The van der Waals surface area contributed by atoms with Crippen LogP contribution in [0.25, 0.3) is 10.8 Å². The predicted octanol–water partition coefficient (Wildman–Crippen LogP) is 5.17. The summed E-state index contributed by atoms with van der Waals surface area (Å²) in [5, 5.41) is 1.39. The molecule has 0 radical (unpaired) electrons. The summed E-state index contributed by atoms with van der Waals surface area (Å²) in [5.41, 5.74) is -0.411. The highest BCUT2D eigenvalue weighted by atomic mass is 16.6. The minimum atomic E-state index is -0.793. The average Bonchev–Trinajstić information content (AvgIpc) is 3.24. The number of nitrogens with zero attached hydrogens (tertiary/aromatic N) is 1. The summed E-state index contributed by atoms with van der Waals surface area (Å²) in [5.74, 6) is -0.147. The summed E-state index contributed by atoms with van der Waals surface area (Å²) in [6.07, 6.45) is 1.83. The van der Waals surface area contributed by atoms with Crippen molar-refractivity contribution in [2.75, 3.05) is 6.54 Å². The Balaban J connectivity index is 1.76. The smallest absolute Gasteiger partial charge is 0.411 e. The normalized spacial score (nSPS) is 19.0. The first-order chi connectivity index (χ1) is 16.4. The summed E-state index contributed by atoms with van der Waals surface area (Å²) >= 11 is 0. The SMILES string of the molecule is CC(=O)Oc1c(OC(=O)C2CCCN2C(=O)OC(C)(C)C)c2c(c3ccccc13)OC(C)(C)CC2. The van der Waals surface area contributed by atoms with Crippen molar-refractivity contribution in [1.29, 1.82) is 0 Å². The lowest BCUT2D eigenvalue weighted by Crippen LogP contribution is -2.45. The Bertz CT molecular complexity index is 1180. The number of ether oxygens (including phenoxy) is 4. The molecule has 2 aliphatic rings. The van der Waals surface area contributed by atoms with Gasteiger partial charge in [0.15, 0.2) is 11.5 Å². The fraction of sp³-hybridized carbons (Fsp3) is 0.519. The molecule has 1 fully saturated rings. The molecule has 0 saturated carbocycles. The lowest BCUT2D eigenvalue weighted by Gasteiger charge is -2.35. The van der Waals surface area contributed by atoms with Gasteiger partial charge in [0.05, 0.1) is 0 Å². The van der Waals surface area contributed by atoms with Crippen LogP contribution in [0.1, 0.15) is 66.4 Å². The minimum Gasteiger partial charge on any atom is -0.487 e. The molecule has 0 spiro atoms. The average molecular weight is 484 g/mol. The molecule has 1 unspecified atom stereocenters. The van der Waals surface area contributed by atoms with E-state index in [0.29, 0.717) is 48.9 Å². The molecule has 8 nitrogen and oxygen atoms in total. The largest absolute Gasteiger partial charge is 0.487 e. The maximum atomic E-state index is 13.4. The van der Waals surface area contributed by atoms with Gasteiger partial charge in [-0.1, -0.05) is 24.3 Å². The number of esters is 2. The van der Waals surface area contributed by atoms with Gasteiger partial charge in [0, 0.05) is 29.8 Å². The van der Waals surface area contributed by atoms with Crippen molar-refractivity contribution < 1.29 is 33.3 Å². The number of benzene rings is 2. The lowest BCUT2D eigenvalue weighted by molar-refractivity contribution is -0.140. The Morgan fingerprint density at radius 1 is 1.06 bits per heavy atom. The van der Waals surface area contributed by atoms with E-state index in [1.54, 1.807) is 26.8 Å². The molecule has 35 heavy (non-hydrogen) atoms. The van der Waals surface area contributed by atoms with Gasteiger partial charge in [0.1, 0.15) is 23.0 Å². The lowest BCUT2D eigenvalue weighted by atomic mass is 9.91. The van der Waals surface area contributed by atoms with Crippen molar-refractivity contribution in [2.45, 2.75) is 84.5 Å². The third-order valence-corrected chi connectivity index (χ3v) is 6.13. The van der Waals surface area contributed by atoms with Crippen molar-refractivity contribution in [3.05, 3.63) is 29.8 Å². The molecule has 1 saturated heterocycles. The van der Waals surface area contributed by atoms with Gasteiger partial charge < -0.3 is 18.9 Å². The van der Waals surface area contributed by atoms with Crippen molar-refractivity contribution in [1.82, 2.24) is 4.90 Å². The number of carbonyl (C=O) groups excluding carboxylic acids is 3. The molecule has 2 aromatic rings. The Morgan fingerprint density at radius 2 is 1.74 bits per heavy atom. The number of hydrogen-bond donors (Lipinski definition) is 0. The maximum absolute atomic E-state index is 13.4. The van der Waals surface area contributed by atoms with E-state index in [1.165, 1.54) is 11.8 Å². The van der Waals surface area contributed by atoms with Gasteiger partial charge in [-0.3, -0.25) is 9.69 Å². The fourth-order valence-corrected chi connectivity index (χ4v) is 4.57. The van der Waals surface area contributed by atoms with E-state index in [4.69, 9.17) is 18.9 Å². The maximum Gasteiger partial charge on any atom is 0.411 e. The quantitative estimate of drug-likeness (QED) is 0.439. The Morgan fingerprint density at radius 3 is 2.40 bits per heavy atom. The molecule has 8 heteroatoms. The zero-order chi connectivity index (χ0) is 25.5. The Kier molecular flexibility index (Phi) is 6.42. The zero-order valence-corrected chi connectivity index (χ0v) is 21.2. The van der Waals surface area contributed by atoms with E-state index < -0.39 is 35.3 Å². The van der Waals surface area contributed by atoms with E-state index in [0.717, 1.165) is 5.39 Å². The van der Waals surface area contributed by atoms with E-state index in [-0.39, 0.29) is 11.5 Å². The number of rotatable bonds is 3. The van der Waals surface area contributed by atoms with E-state index in [2.05, 4.69) is 0 Å². The van der Waals surface area contributed by atoms with Gasteiger partial charge in [-0.05, 0) is 60.3 Å². The van der Waals surface area contributed by atoms with Crippen LogP contribution in [-0.4, -0.2) is 46.7 Å². The molecule has 0 bridgehead atoms. The van der Waals surface area contributed by atoms with Crippen molar-refractivity contribution in [3.63, 3.8) is 0 Å². The van der Waals surface area contributed by atoms with Crippen LogP contribution < -0.4 is 14.2 Å². The molecule has 4 rings (SSSR count). The summed E-state index contributed by atoms with van der Waals surface area (Å²) in [4.78, 5) is 39.6. The highest BCUT2D eigenvalue weighted by Gasteiger charge is 2.40. The van der Waals surface area contributed by atoms with Crippen LogP contribution in [0, 0.1) is 0 Å². The molecule has 2 aromatic carbocycles. The van der Waals surface area contributed by atoms with Gasteiger partial charge in [0.2, 0.25) is 0 Å². The molecule has 0 N–H and O–H groups in total. The summed E-state index contributed by atoms with van der Waals surface area (Å²) in [6, 6.07) is 6.61. The van der Waals surface area contributed by atoms with Crippen LogP contribution in [0.3, 0.4) is 0 Å².